The summed E-state index contributed by atoms with van der Waals surface area (Å²) >= 11 is 3.30. The standard InChI is InChI=1S/C8H8BrNO3/c9-8-3-1-7(2-4-8)5-6-13-10(11)12/h1-4H,5-6H2. The van der Waals surface area contributed by atoms with Gasteiger partial charge in [0.25, 0.3) is 5.09 Å². The monoisotopic (exact) mass is 245 g/mol. The highest BCUT2D eigenvalue weighted by Crippen LogP contribution is 2.10. The van der Waals surface area contributed by atoms with E-state index in [9.17, 15) is 10.1 Å². The van der Waals surface area contributed by atoms with Crippen LogP contribution in [-0.2, 0) is 11.3 Å². The van der Waals surface area contributed by atoms with Crippen molar-refractivity contribution in [3.05, 3.63) is 44.4 Å². The van der Waals surface area contributed by atoms with Gasteiger partial charge in [-0.3, -0.25) is 0 Å². The number of hydrogen-bond acceptors (Lipinski definition) is 3. The number of benzene rings is 1. The third-order valence-electron chi connectivity index (χ3n) is 1.50. The van der Waals surface area contributed by atoms with E-state index in [1.165, 1.54) is 0 Å². The summed E-state index contributed by atoms with van der Waals surface area (Å²) < 4.78 is 0.992. The minimum absolute atomic E-state index is 0.106. The molecule has 0 amide bonds. The SMILES string of the molecule is O=[N+]([O-])OCCc1ccc(Br)cc1. The molecule has 0 unspecified atom stereocenters. The van der Waals surface area contributed by atoms with Crippen LogP contribution in [0.3, 0.4) is 0 Å². The lowest BCUT2D eigenvalue weighted by Crippen LogP contribution is -2.04. The molecule has 5 heteroatoms. The molecule has 0 atom stereocenters. The second-order valence-electron chi connectivity index (χ2n) is 2.43. The van der Waals surface area contributed by atoms with E-state index in [4.69, 9.17) is 0 Å². The summed E-state index contributed by atoms with van der Waals surface area (Å²) in [6.45, 7) is 0.106. The predicted molar refractivity (Wildman–Crippen MR) is 50.8 cm³/mol. The number of rotatable bonds is 4. The van der Waals surface area contributed by atoms with Crippen LogP contribution in [0.15, 0.2) is 28.7 Å². The van der Waals surface area contributed by atoms with Crippen molar-refractivity contribution in [3.8, 4) is 0 Å². The van der Waals surface area contributed by atoms with E-state index in [-0.39, 0.29) is 6.61 Å². The molecule has 70 valence electrons. The van der Waals surface area contributed by atoms with Gasteiger partial charge >= 0.3 is 0 Å². The molecule has 0 N–H and O–H groups in total. The molecule has 0 aliphatic carbocycles. The fourth-order valence-corrected chi connectivity index (χ4v) is 1.15. The molecule has 0 bridgehead atoms. The van der Waals surface area contributed by atoms with Gasteiger partial charge in [0.15, 0.2) is 0 Å². The molecule has 4 nitrogen and oxygen atoms in total. The predicted octanol–water partition coefficient (Wildman–Crippen LogP) is 2.20. The van der Waals surface area contributed by atoms with Gasteiger partial charge in [-0.05, 0) is 24.1 Å². The normalized spacial score (nSPS) is 9.62. The Kier molecular flexibility index (Phi) is 3.70. The van der Waals surface area contributed by atoms with Crippen LogP contribution in [0.25, 0.3) is 0 Å². The molecule has 0 saturated heterocycles. The second kappa shape index (κ2) is 4.81. The van der Waals surface area contributed by atoms with Gasteiger partial charge in [0, 0.05) is 4.47 Å². The molecule has 0 heterocycles. The van der Waals surface area contributed by atoms with E-state index in [1.807, 2.05) is 24.3 Å². The van der Waals surface area contributed by atoms with E-state index in [0.717, 1.165) is 10.0 Å². The lowest BCUT2D eigenvalue weighted by molar-refractivity contribution is -0.757. The van der Waals surface area contributed by atoms with Crippen LogP contribution in [0.4, 0.5) is 0 Å². The molecule has 1 aromatic rings. The molecule has 13 heavy (non-hydrogen) atoms. The molecule has 0 radical (unpaired) electrons. The second-order valence-corrected chi connectivity index (χ2v) is 3.35. The highest BCUT2D eigenvalue weighted by molar-refractivity contribution is 9.10. The van der Waals surface area contributed by atoms with Gasteiger partial charge in [-0.15, -0.1) is 10.1 Å². The first-order chi connectivity index (χ1) is 6.18. The van der Waals surface area contributed by atoms with Crippen LogP contribution in [0.5, 0.6) is 0 Å². The molecular formula is C8H8BrNO3. The molecule has 1 aromatic carbocycles. The summed E-state index contributed by atoms with van der Waals surface area (Å²) in [6, 6.07) is 7.57. The Balaban J connectivity index is 2.37. The van der Waals surface area contributed by atoms with Crippen molar-refractivity contribution in [2.45, 2.75) is 6.42 Å². The number of hydrogen-bond donors (Lipinski definition) is 0. The summed E-state index contributed by atoms with van der Waals surface area (Å²) in [5.74, 6) is 0. The molecule has 0 spiro atoms. The van der Waals surface area contributed by atoms with Crippen molar-refractivity contribution >= 4 is 15.9 Å². The summed E-state index contributed by atoms with van der Waals surface area (Å²) in [7, 11) is 0. The minimum atomic E-state index is -0.779. The highest BCUT2D eigenvalue weighted by atomic mass is 79.9. The van der Waals surface area contributed by atoms with Crippen molar-refractivity contribution in [1.29, 1.82) is 0 Å². The van der Waals surface area contributed by atoms with Crippen LogP contribution in [-0.4, -0.2) is 11.7 Å². The Hall–Kier alpha value is -1.10. The van der Waals surface area contributed by atoms with E-state index in [2.05, 4.69) is 20.8 Å². The van der Waals surface area contributed by atoms with Gasteiger partial charge < -0.3 is 4.84 Å². The summed E-state index contributed by atoms with van der Waals surface area (Å²) in [5.41, 5.74) is 1.02. The van der Waals surface area contributed by atoms with Gasteiger partial charge in [0.2, 0.25) is 0 Å². The maximum atomic E-state index is 9.82. The van der Waals surface area contributed by atoms with Crippen LogP contribution in [0.1, 0.15) is 5.56 Å². The van der Waals surface area contributed by atoms with Crippen LogP contribution in [0, 0.1) is 10.1 Å². The Morgan fingerprint density at radius 1 is 1.38 bits per heavy atom. The molecule has 1 rings (SSSR count). The van der Waals surface area contributed by atoms with Crippen molar-refractivity contribution in [2.24, 2.45) is 0 Å². The van der Waals surface area contributed by atoms with Crippen LogP contribution >= 0.6 is 15.9 Å². The highest BCUT2D eigenvalue weighted by Gasteiger charge is 1.96. The largest absolute Gasteiger partial charge is 0.314 e. The zero-order chi connectivity index (χ0) is 9.68. The molecule has 0 saturated carbocycles. The molecule has 0 aliphatic heterocycles. The van der Waals surface area contributed by atoms with Gasteiger partial charge in [0.05, 0.1) is 0 Å². The summed E-state index contributed by atoms with van der Waals surface area (Å²) in [6.07, 6.45) is 0.550. The molecule has 0 aromatic heterocycles. The quantitative estimate of drug-likeness (QED) is 0.604. The lowest BCUT2D eigenvalue weighted by atomic mass is 10.2. The summed E-state index contributed by atoms with van der Waals surface area (Å²) in [4.78, 5) is 14.0. The van der Waals surface area contributed by atoms with Crippen molar-refractivity contribution in [1.82, 2.24) is 0 Å². The van der Waals surface area contributed by atoms with Crippen LogP contribution < -0.4 is 0 Å². The Labute approximate surface area is 83.7 Å². The smallest absolute Gasteiger partial charge is 0.294 e. The Morgan fingerprint density at radius 3 is 2.54 bits per heavy atom. The molecular weight excluding hydrogens is 238 g/mol. The first-order valence-corrected chi connectivity index (χ1v) is 4.49. The first-order valence-electron chi connectivity index (χ1n) is 3.70. The maximum Gasteiger partial charge on any atom is 0.294 e. The summed E-state index contributed by atoms with van der Waals surface area (Å²) in [5, 5.41) is 9.04. The zero-order valence-corrected chi connectivity index (χ0v) is 8.36. The average Bonchev–Trinajstić information content (AvgIpc) is 2.08. The molecule has 0 aliphatic rings. The van der Waals surface area contributed by atoms with Gasteiger partial charge in [-0.25, -0.2) is 0 Å². The van der Waals surface area contributed by atoms with Crippen molar-refractivity contribution < 1.29 is 9.92 Å². The minimum Gasteiger partial charge on any atom is -0.314 e. The Bertz CT molecular complexity index is 286. The molecule has 0 fully saturated rings. The fourth-order valence-electron chi connectivity index (χ4n) is 0.889. The van der Waals surface area contributed by atoms with E-state index < -0.39 is 5.09 Å². The van der Waals surface area contributed by atoms with Gasteiger partial charge in [0.1, 0.15) is 6.61 Å². The maximum absolute atomic E-state index is 9.82. The van der Waals surface area contributed by atoms with Gasteiger partial charge in [-0.2, -0.15) is 0 Å². The topological polar surface area (TPSA) is 52.4 Å². The zero-order valence-electron chi connectivity index (χ0n) is 6.77. The number of halogens is 1. The van der Waals surface area contributed by atoms with Crippen molar-refractivity contribution in [3.63, 3.8) is 0 Å². The van der Waals surface area contributed by atoms with Gasteiger partial charge in [-0.1, -0.05) is 28.1 Å². The first kappa shape index (κ1) is 9.98. The van der Waals surface area contributed by atoms with E-state index in [0.29, 0.717) is 6.42 Å². The average molecular weight is 246 g/mol. The van der Waals surface area contributed by atoms with Crippen LogP contribution in [0.2, 0.25) is 0 Å². The lowest BCUT2D eigenvalue weighted by Gasteiger charge is -1.99. The number of nitrogens with zero attached hydrogens (tertiary/aromatic N) is 1. The third kappa shape index (κ3) is 3.89. The third-order valence-corrected chi connectivity index (χ3v) is 2.03. The Morgan fingerprint density at radius 2 is 2.00 bits per heavy atom. The fraction of sp³-hybridized carbons (Fsp3) is 0.250. The van der Waals surface area contributed by atoms with E-state index in [1.54, 1.807) is 0 Å². The van der Waals surface area contributed by atoms with Crippen molar-refractivity contribution in [2.75, 3.05) is 6.61 Å². The van der Waals surface area contributed by atoms with E-state index >= 15 is 0 Å².